The predicted molar refractivity (Wildman–Crippen MR) is 73.3 cm³/mol. The first kappa shape index (κ1) is 11.2. The minimum Gasteiger partial charge on any atom is -0.497 e. The van der Waals surface area contributed by atoms with E-state index in [0.717, 1.165) is 33.2 Å². The van der Waals surface area contributed by atoms with E-state index >= 15 is 0 Å². The molecule has 0 radical (unpaired) electrons. The number of ether oxygens (including phenoxy) is 1. The second-order valence-electron chi connectivity index (χ2n) is 4.13. The van der Waals surface area contributed by atoms with E-state index in [-0.39, 0.29) is 0 Å². The van der Waals surface area contributed by atoms with E-state index in [0.29, 0.717) is 5.15 Å². The van der Waals surface area contributed by atoms with Gasteiger partial charge in [-0.25, -0.2) is 4.98 Å². The zero-order valence-electron chi connectivity index (χ0n) is 10.1. The molecule has 0 saturated heterocycles. The highest BCUT2D eigenvalue weighted by atomic mass is 35.5. The monoisotopic (exact) mass is 258 g/mol. The second kappa shape index (κ2) is 4.10. The zero-order chi connectivity index (χ0) is 12.7. The molecule has 0 fully saturated rings. The highest BCUT2D eigenvalue weighted by Crippen LogP contribution is 2.30. The van der Waals surface area contributed by atoms with Crippen LogP contribution >= 0.6 is 11.6 Å². The summed E-state index contributed by atoms with van der Waals surface area (Å²) in [5, 5.41) is 2.30. The number of methoxy groups -OCH3 is 1. The summed E-state index contributed by atoms with van der Waals surface area (Å²) < 4.78 is 5.24. The lowest BCUT2D eigenvalue weighted by Gasteiger charge is -2.07. The minimum atomic E-state index is 0.482. The van der Waals surface area contributed by atoms with Crippen molar-refractivity contribution in [2.24, 2.45) is 0 Å². The van der Waals surface area contributed by atoms with Crippen LogP contribution in [0.5, 0.6) is 5.75 Å². The van der Waals surface area contributed by atoms with Crippen molar-refractivity contribution in [1.29, 1.82) is 0 Å². The predicted octanol–water partition coefficient (Wildman–Crippen LogP) is 3.75. The maximum absolute atomic E-state index is 6.18. The van der Waals surface area contributed by atoms with Gasteiger partial charge in [0.25, 0.3) is 0 Å². The van der Waals surface area contributed by atoms with E-state index in [1.165, 1.54) is 0 Å². The van der Waals surface area contributed by atoms with Crippen LogP contribution in [-0.2, 0) is 0 Å². The Balaban J connectivity index is 2.51. The largest absolute Gasteiger partial charge is 0.497 e. The van der Waals surface area contributed by atoms with Gasteiger partial charge in [-0.3, -0.25) is 4.98 Å². The number of hydrogen-bond acceptors (Lipinski definition) is 3. The van der Waals surface area contributed by atoms with Crippen molar-refractivity contribution in [2.75, 3.05) is 7.11 Å². The molecule has 0 unspecified atom stereocenters. The normalized spacial score (nSPS) is 11.1. The van der Waals surface area contributed by atoms with Gasteiger partial charge in [-0.05, 0) is 37.3 Å². The second-order valence-corrected chi connectivity index (χ2v) is 4.49. The van der Waals surface area contributed by atoms with Crippen LogP contribution in [0.1, 0.15) is 5.69 Å². The minimum absolute atomic E-state index is 0.482. The topological polar surface area (TPSA) is 35.0 Å². The molecule has 18 heavy (non-hydrogen) atoms. The molecule has 2 heterocycles. The lowest BCUT2D eigenvalue weighted by Crippen LogP contribution is -1.90. The van der Waals surface area contributed by atoms with Gasteiger partial charge in [0.15, 0.2) is 0 Å². The van der Waals surface area contributed by atoms with Crippen molar-refractivity contribution in [3.05, 3.63) is 41.2 Å². The molecule has 90 valence electrons. The van der Waals surface area contributed by atoms with Gasteiger partial charge < -0.3 is 4.74 Å². The lowest BCUT2D eigenvalue weighted by molar-refractivity contribution is 0.415. The molecule has 0 saturated carbocycles. The molecule has 1 aromatic carbocycles. The maximum Gasteiger partial charge on any atom is 0.139 e. The highest BCUT2D eigenvalue weighted by Gasteiger charge is 2.09. The summed E-state index contributed by atoms with van der Waals surface area (Å²) in [6.07, 6.45) is 0. The number of benzene rings is 1. The number of fused-ring (bicyclic) bond motifs is 3. The summed E-state index contributed by atoms with van der Waals surface area (Å²) in [7, 11) is 1.64. The summed E-state index contributed by atoms with van der Waals surface area (Å²) in [6.45, 7) is 1.96. The molecule has 3 aromatic rings. The number of pyridine rings is 2. The number of aromatic nitrogens is 2. The molecule has 0 aliphatic carbocycles. The number of hydrogen-bond donors (Lipinski definition) is 0. The molecule has 0 aliphatic heterocycles. The Morgan fingerprint density at radius 2 is 1.89 bits per heavy atom. The number of nitrogens with zero attached hydrogens (tertiary/aromatic N) is 2. The fraction of sp³-hybridized carbons (Fsp3) is 0.143. The van der Waals surface area contributed by atoms with Crippen molar-refractivity contribution in [3.8, 4) is 5.75 Å². The van der Waals surface area contributed by atoms with Crippen LogP contribution in [0.2, 0.25) is 5.15 Å². The Bertz CT molecular complexity index is 755. The molecular formula is C14H11ClN2O. The lowest BCUT2D eigenvalue weighted by atomic mass is 10.1. The Morgan fingerprint density at radius 1 is 1.06 bits per heavy atom. The van der Waals surface area contributed by atoms with Gasteiger partial charge >= 0.3 is 0 Å². The number of aryl methyl sites for hydroxylation is 1. The van der Waals surface area contributed by atoms with Crippen LogP contribution in [0.3, 0.4) is 0 Å². The first-order valence-corrected chi connectivity index (χ1v) is 5.97. The van der Waals surface area contributed by atoms with Crippen LogP contribution in [0.15, 0.2) is 30.3 Å². The molecular weight excluding hydrogens is 248 g/mol. The Morgan fingerprint density at radius 3 is 2.67 bits per heavy atom. The number of halogens is 1. The molecule has 0 spiro atoms. The Kier molecular flexibility index (Phi) is 2.56. The standard InChI is InChI=1S/C14H11ClN2O/c1-8-3-5-10-13(16-8)11-7-9(18-2)4-6-12(11)17-14(10)15/h3-7H,1-2H3. The summed E-state index contributed by atoms with van der Waals surface area (Å²) in [4.78, 5) is 8.94. The first-order valence-electron chi connectivity index (χ1n) is 5.59. The van der Waals surface area contributed by atoms with Crippen molar-refractivity contribution >= 4 is 33.4 Å². The Labute approximate surface area is 109 Å². The van der Waals surface area contributed by atoms with Crippen LogP contribution in [-0.4, -0.2) is 17.1 Å². The van der Waals surface area contributed by atoms with Crippen LogP contribution in [0.25, 0.3) is 21.8 Å². The quantitative estimate of drug-likeness (QED) is 0.492. The van der Waals surface area contributed by atoms with Crippen molar-refractivity contribution < 1.29 is 4.74 Å². The molecule has 0 aliphatic rings. The smallest absolute Gasteiger partial charge is 0.139 e. The SMILES string of the molecule is COc1ccc2nc(Cl)c3ccc(C)nc3c2c1. The molecule has 3 rings (SSSR count). The van der Waals surface area contributed by atoms with Crippen LogP contribution < -0.4 is 4.74 Å². The van der Waals surface area contributed by atoms with Crippen molar-refractivity contribution in [3.63, 3.8) is 0 Å². The fourth-order valence-electron chi connectivity index (χ4n) is 2.02. The zero-order valence-corrected chi connectivity index (χ0v) is 10.8. The van der Waals surface area contributed by atoms with Crippen molar-refractivity contribution in [2.45, 2.75) is 6.92 Å². The van der Waals surface area contributed by atoms with Gasteiger partial charge in [0.05, 0.1) is 18.1 Å². The maximum atomic E-state index is 6.18. The van der Waals surface area contributed by atoms with E-state index in [4.69, 9.17) is 16.3 Å². The summed E-state index contributed by atoms with van der Waals surface area (Å²) in [5.41, 5.74) is 2.64. The third kappa shape index (κ3) is 1.68. The van der Waals surface area contributed by atoms with Gasteiger partial charge in [-0.1, -0.05) is 11.6 Å². The van der Waals surface area contributed by atoms with Gasteiger partial charge in [0, 0.05) is 16.5 Å². The fourth-order valence-corrected chi connectivity index (χ4v) is 2.27. The average Bonchev–Trinajstić information content (AvgIpc) is 2.38. The molecule has 2 aromatic heterocycles. The Hall–Kier alpha value is -1.87. The summed E-state index contributed by atoms with van der Waals surface area (Å²) >= 11 is 6.18. The molecule has 0 N–H and O–H groups in total. The van der Waals surface area contributed by atoms with E-state index in [1.807, 2.05) is 37.3 Å². The molecule has 3 nitrogen and oxygen atoms in total. The molecule has 0 atom stereocenters. The summed E-state index contributed by atoms with van der Waals surface area (Å²) in [6, 6.07) is 9.58. The first-order chi connectivity index (χ1) is 8.69. The van der Waals surface area contributed by atoms with Gasteiger partial charge in [0.1, 0.15) is 10.9 Å². The summed E-state index contributed by atoms with van der Waals surface area (Å²) in [5.74, 6) is 0.788. The van der Waals surface area contributed by atoms with Crippen molar-refractivity contribution in [1.82, 2.24) is 9.97 Å². The number of rotatable bonds is 1. The van der Waals surface area contributed by atoms with Gasteiger partial charge in [-0.15, -0.1) is 0 Å². The molecule has 0 bridgehead atoms. The van der Waals surface area contributed by atoms with Gasteiger partial charge in [-0.2, -0.15) is 0 Å². The van der Waals surface area contributed by atoms with E-state index in [2.05, 4.69) is 9.97 Å². The van der Waals surface area contributed by atoms with E-state index in [1.54, 1.807) is 7.11 Å². The van der Waals surface area contributed by atoms with Crippen LogP contribution in [0, 0.1) is 6.92 Å². The third-order valence-electron chi connectivity index (χ3n) is 2.93. The van der Waals surface area contributed by atoms with E-state index in [9.17, 15) is 0 Å². The average molecular weight is 259 g/mol. The van der Waals surface area contributed by atoms with E-state index < -0.39 is 0 Å². The molecule has 4 heteroatoms. The molecule has 0 amide bonds. The third-order valence-corrected chi connectivity index (χ3v) is 3.22. The van der Waals surface area contributed by atoms with Gasteiger partial charge in [0.2, 0.25) is 0 Å². The van der Waals surface area contributed by atoms with Crippen LogP contribution in [0.4, 0.5) is 0 Å². The highest BCUT2D eigenvalue weighted by molar-refractivity contribution is 6.35.